The van der Waals surface area contributed by atoms with Gasteiger partial charge in [0.15, 0.2) is 0 Å². The molecule has 0 fully saturated rings. The van der Waals surface area contributed by atoms with Gasteiger partial charge in [-0.1, -0.05) is 6.07 Å². The summed E-state index contributed by atoms with van der Waals surface area (Å²) in [7, 11) is 1.55. The van der Waals surface area contributed by atoms with Gasteiger partial charge in [-0.15, -0.1) is 0 Å². The number of amides is 1. The van der Waals surface area contributed by atoms with E-state index >= 15 is 0 Å². The summed E-state index contributed by atoms with van der Waals surface area (Å²) in [6.45, 7) is 0.817. The van der Waals surface area contributed by atoms with E-state index in [2.05, 4.69) is 20.6 Å². The predicted octanol–water partition coefficient (Wildman–Crippen LogP) is 1.74. The standard InChI is InChI=1S/C14H15FN4O2/c1-21-8-7-16-13(20)12-5-6-17-14(19-12)18-11-4-2-3-10(15)9-11/h2-6,9H,7-8H2,1H3,(H,16,20)(H,17,18,19). The van der Waals surface area contributed by atoms with Gasteiger partial charge in [-0.25, -0.2) is 14.4 Å². The first-order valence-electron chi connectivity index (χ1n) is 6.32. The second-order valence-corrected chi connectivity index (χ2v) is 4.15. The van der Waals surface area contributed by atoms with Crippen molar-refractivity contribution in [3.8, 4) is 0 Å². The SMILES string of the molecule is COCCNC(=O)c1ccnc(Nc2cccc(F)c2)n1. The summed E-state index contributed by atoms with van der Waals surface area (Å²) in [5, 5.41) is 5.50. The molecule has 0 saturated heterocycles. The normalized spacial score (nSPS) is 10.2. The monoisotopic (exact) mass is 290 g/mol. The van der Waals surface area contributed by atoms with Gasteiger partial charge in [0.1, 0.15) is 11.5 Å². The second kappa shape index (κ2) is 7.30. The highest BCUT2D eigenvalue weighted by Gasteiger charge is 2.08. The van der Waals surface area contributed by atoms with Crippen molar-refractivity contribution in [2.45, 2.75) is 0 Å². The van der Waals surface area contributed by atoms with Crippen LogP contribution in [0.25, 0.3) is 0 Å². The number of nitrogens with one attached hydrogen (secondary N) is 2. The molecule has 7 heteroatoms. The van der Waals surface area contributed by atoms with E-state index in [0.717, 1.165) is 0 Å². The molecule has 1 aromatic heterocycles. The van der Waals surface area contributed by atoms with Crippen LogP contribution in [-0.2, 0) is 4.74 Å². The minimum atomic E-state index is -0.367. The van der Waals surface area contributed by atoms with E-state index < -0.39 is 0 Å². The average molecular weight is 290 g/mol. The maximum absolute atomic E-state index is 13.1. The fraction of sp³-hybridized carbons (Fsp3) is 0.214. The zero-order chi connectivity index (χ0) is 15.1. The van der Waals surface area contributed by atoms with Gasteiger partial charge in [0.25, 0.3) is 5.91 Å². The first-order chi connectivity index (χ1) is 10.2. The molecule has 21 heavy (non-hydrogen) atoms. The molecule has 110 valence electrons. The van der Waals surface area contributed by atoms with Gasteiger partial charge in [-0.05, 0) is 24.3 Å². The number of rotatable bonds is 6. The number of hydrogen-bond donors (Lipinski definition) is 2. The quantitative estimate of drug-likeness (QED) is 0.792. The molecule has 0 spiro atoms. The lowest BCUT2D eigenvalue weighted by Gasteiger charge is -2.07. The lowest BCUT2D eigenvalue weighted by Crippen LogP contribution is -2.27. The number of benzene rings is 1. The van der Waals surface area contributed by atoms with Gasteiger partial charge >= 0.3 is 0 Å². The zero-order valence-corrected chi connectivity index (χ0v) is 11.5. The third-order valence-electron chi connectivity index (χ3n) is 2.56. The van der Waals surface area contributed by atoms with E-state index in [9.17, 15) is 9.18 Å². The van der Waals surface area contributed by atoms with Crippen molar-refractivity contribution in [1.29, 1.82) is 0 Å². The van der Waals surface area contributed by atoms with Gasteiger partial charge in [0, 0.05) is 25.5 Å². The summed E-state index contributed by atoms with van der Waals surface area (Å²) < 4.78 is 17.9. The smallest absolute Gasteiger partial charge is 0.270 e. The first kappa shape index (κ1) is 14.9. The van der Waals surface area contributed by atoms with Crippen LogP contribution in [0.4, 0.5) is 16.0 Å². The first-order valence-corrected chi connectivity index (χ1v) is 6.32. The minimum Gasteiger partial charge on any atom is -0.383 e. The van der Waals surface area contributed by atoms with E-state index in [4.69, 9.17) is 4.74 Å². The number of carbonyl (C=O) groups excluding carboxylic acids is 1. The third-order valence-corrected chi connectivity index (χ3v) is 2.56. The van der Waals surface area contributed by atoms with Gasteiger partial charge in [0.05, 0.1) is 6.61 Å². The van der Waals surface area contributed by atoms with Gasteiger partial charge in [0.2, 0.25) is 5.95 Å². The lowest BCUT2D eigenvalue weighted by atomic mass is 10.3. The van der Waals surface area contributed by atoms with Crippen molar-refractivity contribution < 1.29 is 13.9 Å². The van der Waals surface area contributed by atoms with E-state index in [0.29, 0.717) is 18.8 Å². The van der Waals surface area contributed by atoms with E-state index in [1.165, 1.54) is 24.4 Å². The number of aromatic nitrogens is 2. The van der Waals surface area contributed by atoms with Crippen molar-refractivity contribution in [3.63, 3.8) is 0 Å². The molecular weight excluding hydrogens is 275 g/mol. The highest BCUT2D eigenvalue weighted by atomic mass is 19.1. The van der Waals surface area contributed by atoms with Crippen LogP contribution in [0, 0.1) is 5.82 Å². The Morgan fingerprint density at radius 1 is 1.38 bits per heavy atom. The van der Waals surface area contributed by atoms with Crippen molar-refractivity contribution >= 4 is 17.5 Å². The molecule has 2 N–H and O–H groups in total. The molecule has 2 rings (SSSR count). The summed E-state index contributed by atoms with van der Waals surface area (Å²) in [5.74, 6) is -0.467. The van der Waals surface area contributed by atoms with Crippen LogP contribution in [0.2, 0.25) is 0 Å². The van der Waals surface area contributed by atoms with Crippen LogP contribution < -0.4 is 10.6 Å². The van der Waals surface area contributed by atoms with Gasteiger partial charge in [-0.2, -0.15) is 0 Å². The van der Waals surface area contributed by atoms with Crippen molar-refractivity contribution in [2.24, 2.45) is 0 Å². The fourth-order valence-electron chi connectivity index (χ4n) is 1.60. The van der Waals surface area contributed by atoms with Crippen LogP contribution in [0.15, 0.2) is 36.5 Å². The summed E-state index contributed by atoms with van der Waals surface area (Å²) in [6, 6.07) is 7.40. The average Bonchev–Trinajstić information content (AvgIpc) is 2.48. The molecule has 1 aromatic carbocycles. The van der Waals surface area contributed by atoms with Crippen molar-refractivity contribution in [3.05, 3.63) is 48.0 Å². The molecule has 0 atom stereocenters. The Morgan fingerprint density at radius 2 is 2.24 bits per heavy atom. The Balaban J connectivity index is 2.05. The molecule has 0 aliphatic rings. The summed E-state index contributed by atoms with van der Waals surface area (Å²) >= 11 is 0. The number of nitrogens with zero attached hydrogens (tertiary/aromatic N) is 2. The number of halogens is 1. The molecule has 0 unspecified atom stereocenters. The molecule has 1 amide bonds. The maximum atomic E-state index is 13.1. The second-order valence-electron chi connectivity index (χ2n) is 4.15. The Hall–Kier alpha value is -2.54. The highest BCUT2D eigenvalue weighted by Crippen LogP contribution is 2.13. The van der Waals surface area contributed by atoms with Crippen LogP contribution in [0.5, 0.6) is 0 Å². The molecule has 2 aromatic rings. The third kappa shape index (κ3) is 4.50. The fourth-order valence-corrected chi connectivity index (χ4v) is 1.60. The maximum Gasteiger partial charge on any atom is 0.270 e. The van der Waals surface area contributed by atoms with Crippen LogP contribution in [0.3, 0.4) is 0 Å². The largest absolute Gasteiger partial charge is 0.383 e. The van der Waals surface area contributed by atoms with E-state index in [-0.39, 0.29) is 23.4 Å². The van der Waals surface area contributed by atoms with Crippen LogP contribution in [-0.4, -0.2) is 36.1 Å². The lowest BCUT2D eigenvalue weighted by molar-refractivity contribution is 0.0932. The topological polar surface area (TPSA) is 76.1 Å². The van der Waals surface area contributed by atoms with E-state index in [1.54, 1.807) is 19.2 Å². The summed E-state index contributed by atoms with van der Waals surface area (Å²) in [4.78, 5) is 19.9. The summed E-state index contributed by atoms with van der Waals surface area (Å²) in [6.07, 6.45) is 1.46. The number of anilines is 2. The highest BCUT2D eigenvalue weighted by molar-refractivity contribution is 5.92. The minimum absolute atomic E-state index is 0.222. The number of hydrogen-bond acceptors (Lipinski definition) is 5. The van der Waals surface area contributed by atoms with Crippen LogP contribution in [0.1, 0.15) is 10.5 Å². The van der Waals surface area contributed by atoms with Gasteiger partial charge < -0.3 is 15.4 Å². The predicted molar refractivity (Wildman–Crippen MR) is 75.9 cm³/mol. The molecule has 0 aliphatic carbocycles. The molecule has 0 radical (unpaired) electrons. The summed E-state index contributed by atoms with van der Waals surface area (Å²) in [5.41, 5.74) is 0.729. The molecule has 6 nitrogen and oxygen atoms in total. The number of methoxy groups -OCH3 is 1. The zero-order valence-electron chi connectivity index (χ0n) is 11.5. The molecule has 0 aliphatic heterocycles. The van der Waals surface area contributed by atoms with Crippen molar-refractivity contribution in [2.75, 3.05) is 25.6 Å². The number of carbonyl (C=O) groups is 1. The van der Waals surface area contributed by atoms with Crippen LogP contribution >= 0.6 is 0 Å². The Morgan fingerprint density at radius 3 is 3.00 bits per heavy atom. The Bertz CT molecular complexity index is 621. The van der Waals surface area contributed by atoms with E-state index in [1.807, 2.05) is 0 Å². The molecular formula is C14H15FN4O2. The number of ether oxygens (including phenoxy) is 1. The molecule has 0 saturated carbocycles. The van der Waals surface area contributed by atoms with Crippen molar-refractivity contribution in [1.82, 2.24) is 15.3 Å². The Labute approximate surface area is 121 Å². The molecule has 1 heterocycles. The molecule has 0 bridgehead atoms. The Kier molecular flexibility index (Phi) is 5.16. The van der Waals surface area contributed by atoms with Gasteiger partial charge in [-0.3, -0.25) is 4.79 Å².